The molecule has 0 saturated carbocycles. The number of aryl methyl sites for hydroxylation is 1. The van der Waals surface area contributed by atoms with Crippen LogP contribution in [-0.4, -0.2) is 13.3 Å². The predicted molar refractivity (Wildman–Crippen MR) is 54.6 cm³/mol. The second-order valence-corrected chi connectivity index (χ2v) is 2.77. The SMILES string of the molecule is CN=C/C=C/c1ccc(F)cc1C. The van der Waals surface area contributed by atoms with E-state index < -0.39 is 0 Å². The molecule has 0 spiro atoms. The Morgan fingerprint density at radius 3 is 2.77 bits per heavy atom. The second-order valence-electron chi connectivity index (χ2n) is 2.77. The standard InChI is InChI=1S/C11H12FN/c1-9-8-11(12)6-5-10(9)4-3-7-13-2/h3-8H,1-2H3/b4-3+,13-7?. The monoisotopic (exact) mass is 177 g/mol. The van der Waals surface area contributed by atoms with E-state index in [1.807, 2.05) is 19.1 Å². The van der Waals surface area contributed by atoms with Crippen molar-refractivity contribution in [2.75, 3.05) is 7.05 Å². The van der Waals surface area contributed by atoms with Gasteiger partial charge in [-0.05, 0) is 36.3 Å². The highest BCUT2D eigenvalue weighted by Crippen LogP contribution is 2.11. The summed E-state index contributed by atoms with van der Waals surface area (Å²) in [6.07, 6.45) is 5.44. The van der Waals surface area contributed by atoms with Crippen LogP contribution >= 0.6 is 0 Å². The van der Waals surface area contributed by atoms with Crippen molar-refractivity contribution < 1.29 is 4.39 Å². The normalized spacial score (nSPS) is 11.6. The van der Waals surface area contributed by atoms with Crippen LogP contribution in [0.25, 0.3) is 6.08 Å². The minimum Gasteiger partial charge on any atom is -0.297 e. The summed E-state index contributed by atoms with van der Waals surface area (Å²) in [7, 11) is 1.71. The first-order valence-corrected chi connectivity index (χ1v) is 4.09. The Labute approximate surface area is 77.6 Å². The van der Waals surface area contributed by atoms with Gasteiger partial charge in [0.15, 0.2) is 0 Å². The van der Waals surface area contributed by atoms with Gasteiger partial charge in [-0.3, -0.25) is 4.99 Å². The van der Waals surface area contributed by atoms with Gasteiger partial charge in [-0.2, -0.15) is 0 Å². The summed E-state index contributed by atoms with van der Waals surface area (Å²) in [6.45, 7) is 1.88. The van der Waals surface area contributed by atoms with E-state index in [0.29, 0.717) is 0 Å². The molecule has 0 N–H and O–H groups in total. The van der Waals surface area contributed by atoms with Gasteiger partial charge in [0, 0.05) is 13.3 Å². The van der Waals surface area contributed by atoms with E-state index in [2.05, 4.69) is 4.99 Å². The zero-order valence-corrected chi connectivity index (χ0v) is 7.79. The molecule has 1 rings (SSSR count). The Morgan fingerprint density at radius 1 is 1.38 bits per heavy atom. The van der Waals surface area contributed by atoms with Crippen molar-refractivity contribution in [1.29, 1.82) is 0 Å². The van der Waals surface area contributed by atoms with Gasteiger partial charge in [-0.1, -0.05) is 12.1 Å². The van der Waals surface area contributed by atoms with Gasteiger partial charge in [-0.15, -0.1) is 0 Å². The average Bonchev–Trinajstić information content (AvgIpc) is 2.09. The molecule has 0 aromatic heterocycles. The zero-order chi connectivity index (χ0) is 9.68. The molecule has 68 valence electrons. The molecule has 0 amide bonds. The molecule has 0 saturated heterocycles. The van der Waals surface area contributed by atoms with Crippen molar-refractivity contribution in [3.05, 3.63) is 41.2 Å². The zero-order valence-electron chi connectivity index (χ0n) is 7.79. The van der Waals surface area contributed by atoms with Crippen LogP contribution in [0.3, 0.4) is 0 Å². The Bertz CT molecular complexity index is 340. The largest absolute Gasteiger partial charge is 0.297 e. The number of benzene rings is 1. The third-order valence-electron chi connectivity index (χ3n) is 1.74. The van der Waals surface area contributed by atoms with Crippen molar-refractivity contribution in [1.82, 2.24) is 0 Å². The molecule has 0 aliphatic carbocycles. The molecular formula is C11H12FN. The Balaban J connectivity index is 2.89. The molecule has 1 aromatic carbocycles. The van der Waals surface area contributed by atoms with E-state index in [1.165, 1.54) is 12.1 Å². The molecular weight excluding hydrogens is 165 g/mol. The van der Waals surface area contributed by atoms with Gasteiger partial charge in [0.05, 0.1) is 0 Å². The Kier molecular flexibility index (Phi) is 3.38. The van der Waals surface area contributed by atoms with Crippen LogP contribution in [0, 0.1) is 12.7 Å². The Morgan fingerprint density at radius 2 is 2.15 bits per heavy atom. The third-order valence-corrected chi connectivity index (χ3v) is 1.74. The van der Waals surface area contributed by atoms with Gasteiger partial charge in [0.2, 0.25) is 0 Å². The molecule has 0 radical (unpaired) electrons. The number of hydrogen-bond acceptors (Lipinski definition) is 1. The van der Waals surface area contributed by atoms with E-state index in [-0.39, 0.29) is 5.82 Å². The van der Waals surface area contributed by atoms with Crippen LogP contribution in [0.2, 0.25) is 0 Å². The lowest BCUT2D eigenvalue weighted by molar-refractivity contribution is 0.626. The van der Waals surface area contributed by atoms with Crippen LogP contribution in [0.4, 0.5) is 4.39 Å². The minimum atomic E-state index is -0.196. The van der Waals surface area contributed by atoms with Gasteiger partial charge in [0.25, 0.3) is 0 Å². The molecule has 0 atom stereocenters. The quantitative estimate of drug-likeness (QED) is 0.616. The van der Waals surface area contributed by atoms with Gasteiger partial charge < -0.3 is 0 Å². The van der Waals surface area contributed by atoms with E-state index in [4.69, 9.17) is 0 Å². The number of halogens is 1. The maximum atomic E-state index is 12.7. The molecule has 0 aliphatic heterocycles. The molecule has 1 aromatic rings. The average molecular weight is 177 g/mol. The van der Waals surface area contributed by atoms with Crippen LogP contribution in [0.1, 0.15) is 11.1 Å². The second kappa shape index (κ2) is 4.55. The van der Waals surface area contributed by atoms with E-state index in [0.717, 1.165) is 11.1 Å². The number of allylic oxidation sites excluding steroid dienone is 1. The fourth-order valence-corrected chi connectivity index (χ4v) is 1.06. The first-order chi connectivity index (χ1) is 6.24. The van der Waals surface area contributed by atoms with Crippen molar-refractivity contribution >= 4 is 12.3 Å². The fraction of sp³-hybridized carbons (Fsp3) is 0.182. The third kappa shape index (κ3) is 2.82. The lowest BCUT2D eigenvalue weighted by atomic mass is 10.1. The molecule has 0 aliphatic rings. The van der Waals surface area contributed by atoms with Crippen LogP contribution in [0.5, 0.6) is 0 Å². The molecule has 0 unspecified atom stereocenters. The van der Waals surface area contributed by atoms with Crippen molar-refractivity contribution in [2.45, 2.75) is 6.92 Å². The first kappa shape index (κ1) is 9.65. The number of aliphatic imine (C=N–C) groups is 1. The molecule has 13 heavy (non-hydrogen) atoms. The smallest absolute Gasteiger partial charge is 0.123 e. The minimum absolute atomic E-state index is 0.196. The van der Waals surface area contributed by atoms with Gasteiger partial charge in [-0.25, -0.2) is 4.39 Å². The molecule has 0 bridgehead atoms. The number of rotatable bonds is 2. The Hall–Kier alpha value is -1.44. The molecule has 0 fully saturated rings. The summed E-state index contributed by atoms with van der Waals surface area (Å²) >= 11 is 0. The maximum absolute atomic E-state index is 12.7. The van der Waals surface area contributed by atoms with Crippen molar-refractivity contribution in [3.8, 4) is 0 Å². The highest BCUT2D eigenvalue weighted by Gasteiger charge is 1.94. The van der Waals surface area contributed by atoms with E-state index in [1.54, 1.807) is 19.3 Å². The number of nitrogens with zero attached hydrogens (tertiary/aromatic N) is 1. The summed E-state index contributed by atoms with van der Waals surface area (Å²) in [5.74, 6) is -0.196. The van der Waals surface area contributed by atoms with Gasteiger partial charge in [0.1, 0.15) is 5.82 Å². The predicted octanol–water partition coefficient (Wildman–Crippen LogP) is 2.85. The molecule has 0 heterocycles. The van der Waals surface area contributed by atoms with Gasteiger partial charge >= 0.3 is 0 Å². The van der Waals surface area contributed by atoms with Crippen LogP contribution in [0.15, 0.2) is 29.3 Å². The fourth-order valence-electron chi connectivity index (χ4n) is 1.06. The highest BCUT2D eigenvalue weighted by atomic mass is 19.1. The van der Waals surface area contributed by atoms with Crippen molar-refractivity contribution in [3.63, 3.8) is 0 Å². The number of hydrogen-bond donors (Lipinski definition) is 0. The summed E-state index contributed by atoms with van der Waals surface area (Å²) in [5.41, 5.74) is 1.95. The van der Waals surface area contributed by atoms with Crippen LogP contribution in [-0.2, 0) is 0 Å². The molecule has 2 heteroatoms. The lowest BCUT2D eigenvalue weighted by Gasteiger charge is -1.98. The summed E-state index contributed by atoms with van der Waals surface area (Å²) in [4.78, 5) is 3.81. The molecule has 1 nitrogen and oxygen atoms in total. The van der Waals surface area contributed by atoms with E-state index in [9.17, 15) is 4.39 Å². The first-order valence-electron chi connectivity index (χ1n) is 4.09. The topological polar surface area (TPSA) is 12.4 Å². The lowest BCUT2D eigenvalue weighted by Crippen LogP contribution is -1.82. The van der Waals surface area contributed by atoms with Crippen LogP contribution < -0.4 is 0 Å². The summed E-state index contributed by atoms with van der Waals surface area (Å²) in [5, 5.41) is 0. The maximum Gasteiger partial charge on any atom is 0.123 e. The highest BCUT2D eigenvalue weighted by molar-refractivity contribution is 5.78. The van der Waals surface area contributed by atoms with Crippen molar-refractivity contribution in [2.24, 2.45) is 4.99 Å². The summed E-state index contributed by atoms with van der Waals surface area (Å²) in [6, 6.07) is 4.73. The van der Waals surface area contributed by atoms with E-state index >= 15 is 0 Å². The summed E-state index contributed by atoms with van der Waals surface area (Å²) < 4.78 is 12.7.